The van der Waals surface area contributed by atoms with Gasteiger partial charge in [0.25, 0.3) is 0 Å². The molecule has 0 spiro atoms. The maximum atomic E-state index is 10.4. The lowest BCUT2D eigenvalue weighted by Gasteiger charge is -2.19. The van der Waals surface area contributed by atoms with Gasteiger partial charge in [0.15, 0.2) is 0 Å². The monoisotopic (exact) mass is 249 g/mol. The van der Waals surface area contributed by atoms with E-state index in [2.05, 4.69) is 4.90 Å². The number of hydrogen-bond acceptors (Lipinski definition) is 3. The highest BCUT2D eigenvalue weighted by atomic mass is 16.5. The predicted octanol–water partition coefficient (Wildman–Crippen LogP) is 2.26. The van der Waals surface area contributed by atoms with Crippen molar-refractivity contribution >= 4 is 17.7 Å². The van der Waals surface area contributed by atoms with Crippen LogP contribution in [-0.4, -0.2) is 38.4 Å². The van der Waals surface area contributed by atoms with Gasteiger partial charge >= 0.3 is 5.97 Å². The van der Waals surface area contributed by atoms with Gasteiger partial charge < -0.3 is 14.7 Å². The van der Waals surface area contributed by atoms with Gasteiger partial charge in [-0.1, -0.05) is 12.1 Å². The van der Waals surface area contributed by atoms with Crippen LogP contribution in [0.3, 0.4) is 0 Å². The van der Waals surface area contributed by atoms with Crippen molar-refractivity contribution in [1.82, 2.24) is 0 Å². The van der Waals surface area contributed by atoms with Gasteiger partial charge in [-0.25, -0.2) is 4.79 Å². The number of methoxy groups -OCH3 is 1. The zero-order chi connectivity index (χ0) is 13.4. The molecule has 1 rings (SSSR count). The second-order valence-corrected chi connectivity index (χ2v) is 4.03. The fourth-order valence-electron chi connectivity index (χ4n) is 1.58. The minimum Gasteiger partial charge on any atom is -0.478 e. The van der Waals surface area contributed by atoms with Crippen LogP contribution in [0.1, 0.15) is 12.0 Å². The summed E-state index contributed by atoms with van der Waals surface area (Å²) >= 11 is 0. The van der Waals surface area contributed by atoms with Crippen LogP contribution in [-0.2, 0) is 9.53 Å². The molecule has 4 heteroatoms. The summed E-state index contributed by atoms with van der Waals surface area (Å²) in [6.45, 7) is 1.68. The highest BCUT2D eigenvalue weighted by Crippen LogP contribution is 2.14. The van der Waals surface area contributed by atoms with Gasteiger partial charge in [-0.15, -0.1) is 0 Å². The predicted molar refractivity (Wildman–Crippen MR) is 72.9 cm³/mol. The van der Waals surface area contributed by atoms with Crippen molar-refractivity contribution in [2.45, 2.75) is 6.42 Å². The summed E-state index contributed by atoms with van der Waals surface area (Å²) in [6.07, 6.45) is 3.70. The van der Waals surface area contributed by atoms with Crippen LogP contribution < -0.4 is 4.90 Å². The Morgan fingerprint density at radius 2 is 2.06 bits per heavy atom. The van der Waals surface area contributed by atoms with E-state index in [-0.39, 0.29) is 0 Å². The molecule has 18 heavy (non-hydrogen) atoms. The van der Waals surface area contributed by atoms with E-state index < -0.39 is 5.97 Å². The zero-order valence-corrected chi connectivity index (χ0v) is 10.8. The van der Waals surface area contributed by atoms with Gasteiger partial charge in [0.05, 0.1) is 0 Å². The molecule has 1 aromatic carbocycles. The molecule has 0 saturated heterocycles. The minimum absolute atomic E-state index is 0.754. The third-order valence-electron chi connectivity index (χ3n) is 2.59. The van der Waals surface area contributed by atoms with Crippen molar-refractivity contribution in [2.75, 3.05) is 32.2 Å². The molecule has 98 valence electrons. The molecule has 0 aromatic heterocycles. The average molecular weight is 249 g/mol. The topological polar surface area (TPSA) is 49.8 Å². The van der Waals surface area contributed by atoms with Crippen molar-refractivity contribution in [3.05, 3.63) is 35.9 Å². The first-order valence-electron chi connectivity index (χ1n) is 5.84. The van der Waals surface area contributed by atoms with E-state index in [9.17, 15) is 4.79 Å². The van der Waals surface area contributed by atoms with E-state index in [1.807, 2.05) is 31.3 Å². The molecule has 0 unspecified atom stereocenters. The summed E-state index contributed by atoms with van der Waals surface area (Å²) in [6, 6.07) is 7.77. The molecule has 0 aliphatic rings. The number of hydrogen-bond donors (Lipinski definition) is 1. The van der Waals surface area contributed by atoms with Crippen molar-refractivity contribution in [1.29, 1.82) is 0 Å². The second-order valence-electron chi connectivity index (χ2n) is 4.03. The first-order chi connectivity index (χ1) is 8.63. The first kappa shape index (κ1) is 14.3. The van der Waals surface area contributed by atoms with Crippen LogP contribution in [0.4, 0.5) is 5.69 Å². The van der Waals surface area contributed by atoms with E-state index >= 15 is 0 Å². The highest BCUT2D eigenvalue weighted by molar-refractivity contribution is 5.85. The lowest BCUT2D eigenvalue weighted by atomic mass is 10.2. The standard InChI is InChI=1S/C14H19NO3/c1-15(10-3-11-18-2)13-7-4-12(5-8-13)6-9-14(16)17/h4-9H,3,10-11H2,1-2H3,(H,16,17)/b9-6+. The Hall–Kier alpha value is -1.81. The number of rotatable bonds is 7. The fraction of sp³-hybridized carbons (Fsp3) is 0.357. The summed E-state index contributed by atoms with van der Waals surface area (Å²) in [5, 5.41) is 8.53. The molecule has 0 heterocycles. The number of nitrogens with zero attached hydrogens (tertiary/aromatic N) is 1. The van der Waals surface area contributed by atoms with Gasteiger partial charge in [-0.05, 0) is 30.2 Å². The van der Waals surface area contributed by atoms with Crippen molar-refractivity contribution in [2.24, 2.45) is 0 Å². The average Bonchev–Trinajstić information content (AvgIpc) is 2.37. The molecule has 0 bridgehead atoms. The molecule has 4 nitrogen and oxygen atoms in total. The number of anilines is 1. The van der Waals surface area contributed by atoms with Crippen LogP contribution in [0.25, 0.3) is 6.08 Å². The molecule has 1 aromatic rings. The zero-order valence-electron chi connectivity index (χ0n) is 10.8. The Bertz CT molecular complexity index is 398. The van der Waals surface area contributed by atoms with Crippen LogP contribution in [0, 0.1) is 0 Å². The molecule has 0 saturated carbocycles. The second kappa shape index (κ2) is 7.50. The maximum Gasteiger partial charge on any atom is 0.328 e. The molecule has 1 N–H and O–H groups in total. The fourth-order valence-corrected chi connectivity index (χ4v) is 1.58. The van der Waals surface area contributed by atoms with Crippen molar-refractivity contribution in [3.63, 3.8) is 0 Å². The summed E-state index contributed by atoms with van der Waals surface area (Å²) in [5.74, 6) is -0.934. The Kier molecular flexibility index (Phi) is 5.94. The maximum absolute atomic E-state index is 10.4. The van der Waals surface area contributed by atoms with Crippen LogP contribution >= 0.6 is 0 Å². The molecule has 0 aliphatic heterocycles. The summed E-state index contributed by atoms with van der Waals surface area (Å²) in [7, 11) is 3.72. The number of benzene rings is 1. The first-order valence-corrected chi connectivity index (χ1v) is 5.84. The van der Waals surface area contributed by atoms with Gasteiger partial charge in [0, 0.05) is 39.1 Å². The van der Waals surface area contributed by atoms with Crippen molar-refractivity contribution in [3.8, 4) is 0 Å². The number of carboxylic acid groups (broad SMARTS) is 1. The van der Waals surface area contributed by atoms with Gasteiger partial charge in [-0.2, -0.15) is 0 Å². The largest absolute Gasteiger partial charge is 0.478 e. The van der Waals surface area contributed by atoms with E-state index in [0.717, 1.165) is 36.9 Å². The molecule has 0 aliphatic carbocycles. The van der Waals surface area contributed by atoms with Crippen LogP contribution in [0.2, 0.25) is 0 Å². The number of carbonyl (C=O) groups is 1. The molecule has 0 radical (unpaired) electrons. The Morgan fingerprint density at radius 1 is 1.39 bits per heavy atom. The molecular weight excluding hydrogens is 230 g/mol. The minimum atomic E-state index is -0.934. The molecule has 0 amide bonds. The lowest BCUT2D eigenvalue weighted by Crippen LogP contribution is -2.19. The van der Waals surface area contributed by atoms with E-state index in [0.29, 0.717) is 0 Å². The number of ether oxygens (including phenoxy) is 1. The summed E-state index contributed by atoms with van der Waals surface area (Å²) < 4.78 is 5.01. The number of carboxylic acids is 1. The van der Waals surface area contributed by atoms with Crippen molar-refractivity contribution < 1.29 is 14.6 Å². The Morgan fingerprint density at radius 3 is 2.61 bits per heavy atom. The smallest absolute Gasteiger partial charge is 0.328 e. The summed E-state index contributed by atoms with van der Waals surface area (Å²) in [5.41, 5.74) is 1.99. The van der Waals surface area contributed by atoms with E-state index in [1.54, 1.807) is 13.2 Å². The van der Waals surface area contributed by atoms with Gasteiger partial charge in [0.2, 0.25) is 0 Å². The quantitative estimate of drug-likeness (QED) is 0.595. The van der Waals surface area contributed by atoms with Gasteiger partial charge in [0.1, 0.15) is 0 Å². The molecular formula is C14H19NO3. The third kappa shape index (κ3) is 5.01. The highest BCUT2D eigenvalue weighted by Gasteiger charge is 2.00. The Balaban J connectivity index is 2.56. The third-order valence-corrected chi connectivity index (χ3v) is 2.59. The van der Waals surface area contributed by atoms with Crippen LogP contribution in [0.5, 0.6) is 0 Å². The van der Waals surface area contributed by atoms with E-state index in [1.165, 1.54) is 0 Å². The molecule has 0 fully saturated rings. The lowest BCUT2D eigenvalue weighted by molar-refractivity contribution is -0.131. The van der Waals surface area contributed by atoms with Gasteiger partial charge in [-0.3, -0.25) is 0 Å². The Labute approximate surface area is 107 Å². The SMILES string of the molecule is COCCCN(C)c1ccc(/C=C/C(=O)O)cc1. The van der Waals surface area contributed by atoms with E-state index in [4.69, 9.17) is 9.84 Å². The molecule has 0 atom stereocenters. The van der Waals surface area contributed by atoms with Crippen LogP contribution in [0.15, 0.2) is 30.3 Å². The normalized spacial score (nSPS) is 10.8. The number of aliphatic carboxylic acids is 1. The summed E-state index contributed by atoms with van der Waals surface area (Å²) in [4.78, 5) is 12.5.